The van der Waals surface area contributed by atoms with Crippen LogP contribution in [0.4, 0.5) is 20.2 Å². The number of hydrogen-bond acceptors (Lipinski definition) is 4. The molecule has 4 N–H and O–H groups in total. The number of hydrogen-bond donors (Lipinski definition) is 2. The van der Waals surface area contributed by atoms with Crippen molar-refractivity contribution in [3.8, 4) is 0 Å². The van der Waals surface area contributed by atoms with Gasteiger partial charge in [0.25, 0.3) is 0 Å². The van der Waals surface area contributed by atoms with Crippen molar-refractivity contribution in [1.82, 2.24) is 3.93 Å². The Kier molecular flexibility index (Phi) is 11.0. The Morgan fingerprint density at radius 2 is 1.33 bits per heavy atom. The molecule has 182 valence electrons. The first-order valence-corrected chi connectivity index (χ1v) is 12.0. The molecule has 1 aliphatic rings. The molecule has 0 spiro atoms. The summed E-state index contributed by atoms with van der Waals surface area (Å²) in [6.45, 7) is 11.4. The van der Waals surface area contributed by atoms with Gasteiger partial charge in [-0.3, -0.25) is 9.59 Å². The van der Waals surface area contributed by atoms with E-state index in [1.165, 1.54) is 12.1 Å². The van der Waals surface area contributed by atoms with Crippen LogP contribution in [0.25, 0.3) is 0 Å². The number of carbonyl (C=O) groups excluding carboxylic acids is 2. The topological polar surface area (TPSA) is 89.4 Å². The maximum Gasteiger partial charge on any atom is 0.239 e. The standard InChI is InChI=1S/C10H13BrFN.C10H14FN.C4H4BrNO2/c1-5(2)7-4-8(12)6(3)9(11)10(7)13;1-6(2)8-5-9(11)7(3)4-10(8)12;5-6-3(7)1-2-4(6)8/h4-5H,13H2,1-3H3;4-6H,12H2,1-3H3;1-2H2. The predicted molar refractivity (Wildman–Crippen MR) is 137 cm³/mol. The average molecular weight is 591 g/mol. The highest BCUT2D eigenvalue weighted by atomic mass is 79.9. The van der Waals surface area contributed by atoms with Crippen molar-refractivity contribution in [3.05, 3.63) is 56.6 Å². The number of anilines is 2. The van der Waals surface area contributed by atoms with Gasteiger partial charge in [0.05, 0.1) is 16.1 Å². The van der Waals surface area contributed by atoms with Gasteiger partial charge >= 0.3 is 0 Å². The van der Waals surface area contributed by atoms with E-state index < -0.39 is 0 Å². The zero-order chi connectivity index (χ0) is 25.6. The van der Waals surface area contributed by atoms with Crippen molar-refractivity contribution < 1.29 is 18.4 Å². The average Bonchev–Trinajstić information content (AvgIpc) is 3.03. The first kappa shape index (κ1) is 29.0. The summed E-state index contributed by atoms with van der Waals surface area (Å²) < 4.78 is 28.0. The van der Waals surface area contributed by atoms with Gasteiger partial charge < -0.3 is 11.5 Å². The second-order valence-electron chi connectivity index (χ2n) is 8.41. The van der Waals surface area contributed by atoms with Gasteiger partial charge in [0.1, 0.15) is 11.6 Å². The van der Waals surface area contributed by atoms with E-state index in [0.717, 1.165) is 15.1 Å². The maximum absolute atomic E-state index is 13.3. The first-order chi connectivity index (χ1) is 15.2. The normalized spacial score (nSPS) is 13.2. The molecular weight excluding hydrogens is 560 g/mol. The van der Waals surface area contributed by atoms with Crippen LogP contribution in [0.2, 0.25) is 0 Å². The van der Waals surface area contributed by atoms with Crippen LogP contribution in [0.15, 0.2) is 22.7 Å². The monoisotopic (exact) mass is 589 g/mol. The molecule has 1 fully saturated rings. The minimum atomic E-state index is -0.204. The first-order valence-electron chi connectivity index (χ1n) is 10.5. The van der Waals surface area contributed by atoms with E-state index in [-0.39, 0.29) is 35.3 Å². The number of nitrogens with zero attached hydrogens (tertiary/aromatic N) is 1. The molecule has 2 aromatic rings. The molecule has 0 unspecified atom stereocenters. The van der Waals surface area contributed by atoms with Crippen LogP contribution >= 0.6 is 32.1 Å². The number of imide groups is 1. The number of benzene rings is 2. The molecule has 3 rings (SSSR count). The lowest BCUT2D eigenvalue weighted by Crippen LogP contribution is -2.16. The third-order valence-electron chi connectivity index (χ3n) is 5.12. The minimum Gasteiger partial charge on any atom is -0.398 e. The molecule has 0 aromatic heterocycles. The van der Waals surface area contributed by atoms with Crippen LogP contribution < -0.4 is 11.5 Å². The maximum atomic E-state index is 13.3. The van der Waals surface area contributed by atoms with E-state index in [1.54, 1.807) is 19.9 Å². The molecule has 1 saturated heterocycles. The molecule has 0 aliphatic carbocycles. The van der Waals surface area contributed by atoms with Gasteiger partial charge in [-0.25, -0.2) is 12.7 Å². The van der Waals surface area contributed by atoms with Gasteiger partial charge in [0, 0.05) is 34.3 Å². The molecule has 0 atom stereocenters. The lowest BCUT2D eigenvalue weighted by Gasteiger charge is -2.13. The van der Waals surface area contributed by atoms with Gasteiger partial charge in [-0.15, -0.1) is 0 Å². The van der Waals surface area contributed by atoms with Gasteiger partial charge in [0.2, 0.25) is 11.8 Å². The summed E-state index contributed by atoms with van der Waals surface area (Å²) in [4.78, 5) is 20.9. The number of rotatable bonds is 2. The lowest BCUT2D eigenvalue weighted by atomic mass is 9.99. The van der Waals surface area contributed by atoms with Crippen molar-refractivity contribution in [3.63, 3.8) is 0 Å². The molecule has 33 heavy (non-hydrogen) atoms. The number of amides is 2. The highest BCUT2D eigenvalue weighted by molar-refractivity contribution is 9.10. The zero-order valence-electron chi connectivity index (χ0n) is 19.7. The predicted octanol–water partition coefficient (Wildman–Crippen LogP) is 6.89. The van der Waals surface area contributed by atoms with Crippen molar-refractivity contribution >= 4 is 55.3 Å². The van der Waals surface area contributed by atoms with E-state index in [2.05, 4.69) is 32.1 Å². The fourth-order valence-corrected chi connectivity index (χ4v) is 3.78. The van der Waals surface area contributed by atoms with Crippen molar-refractivity contribution in [2.75, 3.05) is 11.5 Å². The summed E-state index contributed by atoms with van der Waals surface area (Å²) in [6.07, 6.45) is 0.703. The Bertz CT molecular complexity index is 1010. The molecule has 2 amide bonds. The molecule has 9 heteroatoms. The molecular formula is C24H31Br2F2N3O2. The van der Waals surface area contributed by atoms with Gasteiger partial charge in [-0.1, -0.05) is 27.7 Å². The van der Waals surface area contributed by atoms with Crippen LogP contribution in [0, 0.1) is 25.5 Å². The summed E-state index contributed by atoms with van der Waals surface area (Å²) in [5, 5.41) is 0. The highest BCUT2D eigenvalue weighted by Gasteiger charge is 2.26. The second-order valence-corrected chi connectivity index (χ2v) is 9.91. The number of halogens is 4. The fraction of sp³-hybridized carbons (Fsp3) is 0.417. The fourth-order valence-electron chi connectivity index (χ4n) is 3.00. The van der Waals surface area contributed by atoms with E-state index in [9.17, 15) is 18.4 Å². The SMILES string of the molecule is Cc1c(F)cc(C(C)C)c(N)c1Br.Cc1cc(N)c(C(C)C)cc1F.O=C1CCC(=O)N1Br. The summed E-state index contributed by atoms with van der Waals surface area (Å²) in [5.74, 6) is -0.144. The van der Waals surface area contributed by atoms with Gasteiger partial charge in [-0.2, -0.15) is 0 Å². The van der Waals surface area contributed by atoms with Crippen molar-refractivity contribution in [2.24, 2.45) is 0 Å². The number of nitrogen functional groups attached to an aromatic ring is 2. The molecule has 0 radical (unpaired) electrons. The summed E-state index contributed by atoms with van der Waals surface area (Å²) >= 11 is 6.09. The van der Waals surface area contributed by atoms with E-state index in [0.29, 0.717) is 39.8 Å². The third-order valence-corrected chi connectivity index (χ3v) is 6.93. The quantitative estimate of drug-likeness (QED) is 0.226. The number of nitrogens with two attached hydrogens (primary N) is 2. The van der Waals surface area contributed by atoms with Crippen molar-refractivity contribution in [1.29, 1.82) is 0 Å². The summed E-state index contributed by atoms with van der Waals surface area (Å²) in [5.41, 5.74) is 15.8. The van der Waals surface area contributed by atoms with Crippen LogP contribution in [0.1, 0.15) is 74.6 Å². The number of aryl methyl sites for hydroxylation is 1. The van der Waals surface area contributed by atoms with Crippen LogP contribution in [0.3, 0.4) is 0 Å². The van der Waals surface area contributed by atoms with Gasteiger partial charge in [-0.05, 0) is 76.5 Å². The van der Waals surface area contributed by atoms with E-state index in [4.69, 9.17) is 11.5 Å². The van der Waals surface area contributed by atoms with E-state index in [1.807, 2.05) is 27.7 Å². The lowest BCUT2D eigenvalue weighted by molar-refractivity contribution is -0.131. The molecule has 0 bridgehead atoms. The van der Waals surface area contributed by atoms with Crippen molar-refractivity contribution in [2.45, 2.75) is 66.2 Å². The Morgan fingerprint density at radius 3 is 1.73 bits per heavy atom. The van der Waals surface area contributed by atoms with Crippen LogP contribution in [-0.4, -0.2) is 15.7 Å². The smallest absolute Gasteiger partial charge is 0.239 e. The van der Waals surface area contributed by atoms with E-state index >= 15 is 0 Å². The molecule has 1 aliphatic heterocycles. The Balaban J connectivity index is 0.000000254. The molecule has 1 heterocycles. The summed E-state index contributed by atoms with van der Waals surface area (Å²) in [7, 11) is 0. The Hall–Kier alpha value is -2.00. The third kappa shape index (κ3) is 7.78. The Labute approximate surface area is 211 Å². The molecule has 0 saturated carbocycles. The number of carbonyl (C=O) groups is 2. The van der Waals surface area contributed by atoms with Gasteiger partial charge in [0.15, 0.2) is 0 Å². The molecule has 5 nitrogen and oxygen atoms in total. The van der Waals surface area contributed by atoms with Crippen LogP contribution in [-0.2, 0) is 9.59 Å². The highest BCUT2D eigenvalue weighted by Crippen LogP contribution is 2.33. The van der Waals surface area contributed by atoms with Crippen LogP contribution in [0.5, 0.6) is 0 Å². The Morgan fingerprint density at radius 1 is 0.879 bits per heavy atom. The molecule has 2 aromatic carbocycles. The zero-order valence-corrected chi connectivity index (χ0v) is 22.9. The minimum absolute atomic E-state index is 0.144. The second kappa shape index (κ2) is 12.5. The largest absolute Gasteiger partial charge is 0.398 e. The summed E-state index contributed by atoms with van der Waals surface area (Å²) in [6, 6.07) is 4.72.